The van der Waals surface area contributed by atoms with Crippen LogP contribution in [0.5, 0.6) is 0 Å². The predicted molar refractivity (Wildman–Crippen MR) is 143 cm³/mol. The van der Waals surface area contributed by atoms with Gasteiger partial charge in [-0.05, 0) is 69.9 Å². The molecule has 0 N–H and O–H groups in total. The first-order valence-electron chi connectivity index (χ1n) is 13.9. The van der Waals surface area contributed by atoms with E-state index in [1.54, 1.807) is 6.08 Å². The summed E-state index contributed by atoms with van der Waals surface area (Å²) in [7, 11) is 0. The summed E-state index contributed by atoms with van der Waals surface area (Å²) >= 11 is 0. The third-order valence-electron chi connectivity index (χ3n) is 9.41. The standard InChI is InChI=1S/C31H42O7/c1-8-19(2)28(34)36-24-16-20(3)31-18-23(29(5,6)38-31)17-25(30(31,7)27(24)35-21(4)32)37-26(33)15-14-22-12-10-9-11-13-22/h9-15,19-20,23-25,27H,8,16-18H2,1-7H3/b15-14+/t19?,20-,23-,24+,25+,27+,30-,31+/m1/s1. The van der Waals surface area contributed by atoms with Gasteiger partial charge in [-0.25, -0.2) is 4.79 Å². The molecule has 1 aromatic rings. The van der Waals surface area contributed by atoms with Crippen molar-refractivity contribution in [2.75, 3.05) is 0 Å². The lowest BCUT2D eigenvalue weighted by atomic mass is 9.49. The van der Waals surface area contributed by atoms with Gasteiger partial charge in [-0.2, -0.15) is 0 Å². The van der Waals surface area contributed by atoms with Gasteiger partial charge in [0.05, 0.1) is 22.5 Å². The molecule has 1 heterocycles. The normalized spacial score (nSPS) is 36.2. The highest BCUT2D eigenvalue weighted by Crippen LogP contribution is 2.67. The van der Waals surface area contributed by atoms with Crippen LogP contribution in [0.25, 0.3) is 6.08 Å². The van der Waals surface area contributed by atoms with E-state index in [1.165, 1.54) is 13.0 Å². The van der Waals surface area contributed by atoms with Crippen LogP contribution in [0.2, 0.25) is 0 Å². The first-order chi connectivity index (χ1) is 17.8. The molecule has 2 aliphatic carbocycles. The number of carbonyl (C=O) groups excluding carboxylic acids is 3. The fourth-order valence-corrected chi connectivity index (χ4v) is 6.98. The molecule has 208 valence electrons. The van der Waals surface area contributed by atoms with Crippen LogP contribution in [0.15, 0.2) is 36.4 Å². The van der Waals surface area contributed by atoms with Crippen LogP contribution in [0.3, 0.4) is 0 Å². The van der Waals surface area contributed by atoms with Gasteiger partial charge in [-0.15, -0.1) is 0 Å². The Kier molecular flexibility index (Phi) is 7.81. The summed E-state index contributed by atoms with van der Waals surface area (Å²) in [4.78, 5) is 38.5. The van der Waals surface area contributed by atoms with E-state index in [2.05, 4.69) is 20.8 Å². The maximum absolute atomic E-state index is 13.1. The summed E-state index contributed by atoms with van der Waals surface area (Å²) in [5, 5.41) is 0. The van der Waals surface area contributed by atoms with E-state index in [-0.39, 0.29) is 23.7 Å². The number of hydrogen-bond acceptors (Lipinski definition) is 7. The van der Waals surface area contributed by atoms with Gasteiger partial charge in [0.2, 0.25) is 0 Å². The average Bonchev–Trinajstić information content (AvgIpc) is 3.11. The quantitative estimate of drug-likeness (QED) is 0.263. The molecule has 1 unspecified atom stereocenters. The Morgan fingerprint density at radius 3 is 2.39 bits per heavy atom. The zero-order valence-electron chi connectivity index (χ0n) is 23.7. The number of benzene rings is 1. The van der Waals surface area contributed by atoms with Crippen molar-refractivity contribution in [1.29, 1.82) is 0 Å². The molecule has 4 rings (SSSR count). The molecule has 3 fully saturated rings. The van der Waals surface area contributed by atoms with Crippen LogP contribution in [0, 0.1) is 23.2 Å². The van der Waals surface area contributed by atoms with Crippen molar-refractivity contribution < 1.29 is 33.3 Å². The molecule has 2 saturated carbocycles. The van der Waals surface area contributed by atoms with Gasteiger partial charge in [0.1, 0.15) is 12.2 Å². The van der Waals surface area contributed by atoms with Crippen LogP contribution in [0.1, 0.15) is 79.7 Å². The monoisotopic (exact) mass is 526 g/mol. The van der Waals surface area contributed by atoms with Gasteiger partial charge in [0.25, 0.3) is 0 Å². The second-order valence-corrected chi connectivity index (χ2v) is 12.1. The Morgan fingerprint density at radius 2 is 1.76 bits per heavy atom. The molecule has 38 heavy (non-hydrogen) atoms. The van der Waals surface area contributed by atoms with Gasteiger partial charge < -0.3 is 18.9 Å². The van der Waals surface area contributed by atoms with Crippen LogP contribution in [-0.4, -0.2) is 47.4 Å². The average molecular weight is 527 g/mol. The van der Waals surface area contributed by atoms with E-state index in [0.29, 0.717) is 19.3 Å². The first-order valence-corrected chi connectivity index (χ1v) is 13.9. The van der Waals surface area contributed by atoms with Crippen molar-refractivity contribution in [2.45, 2.75) is 104 Å². The maximum Gasteiger partial charge on any atom is 0.331 e. The van der Waals surface area contributed by atoms with Crippen LogP contribution in [-0.2, 0) is 33.3 Å². The van der Waals surface area contributed by atoms with Gasteiger partial charge >= 0.3 is 17.9 Å². The van der Waals surface area contributed by atoms with E-state index in [9.17, 15) is 14.4 Å². The molecule has 1 aliphatic heterocycles. The number of rotatable bonds is 7. The van der Waals surface area contributed by atoms with Crippen LogP contribution >= 0.6 is 0 Å². The largest absolute Gasteiger partial charge is 0.458 e. The van der Waals surface area contributed by atoms with Gasteiger partial charge in [0, 0.05) is 13.0 Å². The highest BCUT2D eigenvalue weighted by molar-refractivity contribution is 5.87. The van der Waals surface area contributed by atoms with Gasteiger partial charge in [-0.1, -0.05) is 51.1 Å². The molecule has 0 aromatic heterocycles. The highest BCUT2D eigenvalue weighted by atomic mass is 16.6. The van der Waals surface area contributed by atoms with Crippen molar-refractivity contribution in [3.8, 4) is 0 Å². The van der Waals surface area contributed by atoms with E-state index < -0.39 is 46.9 Å². The number of hydrogen-bond donors (Lipinski definition) is 0. The Balaban J connectivity index is 1.73. The van der Waals surface area contributed by atoms with Crippen molar-refractivity contribution in [3.05, 3.63) is 42.0 Å². The van der Waals surface area contributed by atoms with Crippen molar-refractivity contribution in [3.63, 3.8) is 0 Å². The lowest BCUT2D eigenvalue weighted by Crippen LogP contribution is -2.71. The third kappa shape index (κ3) is 4.90. The number of fused-ring (bicyclic) bond motifs is 1. The molecule has 0 amide bonds. The zero-order chi connectivity index (χ0) is 27.9. The molecule has 3 aliphatic rings. The highest BCUT2D eigenvalue weighted by Gasteiger charge is 2.75. The summed E-state index contributed by atoms with van der Waals surface area (Å²) < 4.78 is 25.1. The Hall–Kier alpha value is -2.67. The number of esters is 3. The van der Waals surface area contributed by atoms with Crippen LogP contribution in [0.4, 0.5) is 0 Å². The number of carbonyl (C=O) groups is 3. The van der Waals surface area contributed by atoms with Crippen LogP contribution < -0.4 is 0 Å². The van der Waals surface area contributed by atoms with Crippen molar-refractivity contribution in [2.24, 2.45) is 23.2 Å². The molecule has 2 bridgehead atoms. The SMILES string of the molecule is CCC(C)C(=O)O[C@H]1C[C@@H](C)[C@@]23C[C@@H](C[C@H](OC(=O)/C=C/c4ccccc4)[C@]2(C)[C@H]1OC(C)=O)C(C)(C)O3. The lowest BCUT2D eigenvalue weighted by molar-refractivity contribution is -0.285. The number of ether oxygens (including phenoxy) is 4. The fraction of sp³-hybridized carbons (Fsp3) is 0.645. The lowest BCUT2D eigenvalue weighted by Gasteiger charge is -2.61. The molecule has 7 nitrogen and oxygen atoms in total. The smallest absolute Gasteiger partial charge is 0.331 e. The van der Waals surface area contributed by atoms with Gasteiger partial charge in [-0.3, -0.25) is 9.59 Å². The molecule has 1 saturated heterocycles. The van der Waals surface area contributed by atoms with Gasteiger partial charge in [0.15, 0.2) is 6.10 Å². The third-order valence-corrected chi connectivity index (χ3v) is 9.41. The molecular weight excluding hydrogens is 484 g/mol. The summed E-state index contributed by atoms with van der Waals surface area (Å²) in [6, 6.07) is 9.55. The summed E-state index contributed by atoms with van der Waals surface area (Å²) in [5.41, 5.74) is -1.21. The second-order valence-electron chi connectivity index (χ2n) is 12.1. The van der Waals surface area contributed by atoms with E-state index in [0.717, 1.165) is 12.0 Å². The molecule has 7 heteroatoms. The van der Waals surface area contributed by atoms with E-state index >= 15 is 0 Å². The Morgan fingerprint density at radius 1 is 1.08 bits per heavy atom. The Bertz CT molecular complexity index is 1080. The minimum Gasteiger partial charge on any atom is -0.458 e. The van der Waals surface area contributed by atoms with E-state index in [4.69, 9.17) is 18.9 Å². The Labute approximate surface area is 226 Å². The molecular formula is C31H42O7. The minimum absolute atomic E-state index is 0.0281. The molecule has 1 spiro atoms. The molecule has 8 atom stereocenters. The summed E-state index contributed by atoms with van der Waals surface area (Å²) in [6.45, 7) is 13.4. The second kappa shape index (κ2) is 10.5. The molecule has 0 radical (unpaired) electrons. The fourth-order valence-electron chi connectivity index (χ4n) is 6.98. The van der Waals surface area contributed by atoms with Crippen molar-refractivity contribution in [1.82, 2.24) is 0 Å². The van der Waals surface area contributed by atoms with E-state index in [1.807, 2.05) is 51.1 Å². The summed E-state index contributed by atoms with van der Waals surface area (Å²) in [6.07, 6.45) is 3.52. The predicted octanol–water partition coefficient (Wildman–Crippen LogP) is 5.50. The first kappa shape index (κ1) is 28.3. The van der Waals surface area contributed by atoms with Crippen molar-refractivity contribution >= 4 is 24.0 Å². The summed E-state index contributed by atoms with van der Waals surface area (Å²) in [5.74, 6) is -1.41. The minimum atomic E-state index is -0.933. The molecule has 1 aromatic carbocycles. The topological polar surface area (TPSA) is 88.1 Å². The zero-order valence-corrected chi connectivity index (χ0v) is 23.7. The maximum atomic E-state index is 13.1.